The maximum Gasteiger partial charge on any atom is 0.343 e. The van der Waals surface area contributed by atoms with Crippen molar-refractivity contribution in [1.29, 1.82) is 0 Å². The number of ether oxygens (including phenoxy) is 2. The van der Waals surface area contributed by atoms with Crippen molar-refractivity contribution >= 4 is 56.3 Å². The van der Waals surface area contributed by atoms with Crippen LogP contribution in [0.4, 0.5) is 5.69 Å². The van der Waals surface area contributed by atoms with E-state index in [0.29, 0.717) is 27.6 Å². The van der Waals surface area contributed by atoms with Crippen LogP contribution < -0.4 is 10.3 Å². The highest BCUT2D eigenvalue weighted by Crippen LogP contribution is 2.35. The predicted octanol–water partition coefficient (Wildman–Crippen LogP) is 3.72. The van der Waals surface area contributed by atoms with Gasteiger partial charge >= 0.3 is 11.7 Å². The topological polar surface area (TPSA) is 126 Å². The van der Waals surface area contributed by atoms with Crippen LogP contribution in [0, 0.1) is 10.1 Å². The molecule has 10 nitrogen and oxygen atoms in total. The highest BCUT2D eigenvalue weighted by atomic mass is 79.9. The van der Waals surface area contributed by atoms with Crippen LogP contribution in [0.15, 0.2) is 44.7 Å². The summed E-state index contributed by atoms with van der Waals surface area (Å²) < 4.78 is 11.5. The van der Waals surface area contributed by atoms with Crippen molar-refractivity contribution in [1.82, 2.24) is 9.66 Å². The summed E-state index contributed by atoms with van der Waals surface area (Å²) in [6.45, 7) is 1.28. The molecule has 32 heavy (non-hydrogen) atoms. The number of carbonyl (C=O) groups is 1. The van der Waals surface area contributed by atoms with Gasteiger partial charge in [0.1, 0.15) is 5.82 Å². The van der Waals surface area contributed by atoms with E-state index < -0.39 is 23.2 Å². The number of benzene rings is 2. The summed E-state index contributed by atoms with van der Waals surface area (Å²) in [6, 6.07) is 7.69. The second kappa shape index (κ2) is 9.88. The van der Waals surface area contributed by atoms with Gasteiger partial charge in [0.15, 0.2) is 6.61 Å². The molecule has 0 aliphatic carbocycles. The monoisotopic (exact) mass is 522 g/mol. The van der Waals surface area contributed by atoms with Gasteiger partial charge in [0, 0.05) is 22.5 Å². The summed E-state index contributed by atoms with van der Waals surface area (Å²) >= 11 is 9.47. The minimum atomic E-state index is -0.720. The molecule has 0 amide bonds. The Morgan fingerprint density at radius 1 is 1.38 bits per heavy atom. The quantitative estimate of drug-likeness (QED) is 0.200. The summed E-state index contributed by atoms with van der Waals surface area (Å²) in [5.74, 6) is -0.578. The smallest absolute Gasteiger partial charge is 0.343 e. The third-order valence-corrected chi connectivity index (χ3v) is 5.09. The molecule has 0 saturated heterocycles. The van der Waals surface area contributed by atoms with E-state index in [0.717, 1.165) is 11.8 Å². The Bertz CT molecular complexity index is 1310. The molecule has 0 radical (unpaired) electrons. The summed E-state index contributed by atoms with van der Waals surface area (Å²) in [7, 11) is 1.16. The first-order valence-corrected chi connectivity index (χ1v) is 10.3. The van der Waals surface area contributed by atoms with Crippen LogP contribution in [-0.4, -0.2) is 40.5 Å². The van der Waals surface area contributed by atoms with Gasteiger partial charge in [-0.3, -0.25) is 14.9 Å². The van der Waals surface area contributed by atoms with Crippen molar-refractivity contribution in [3.63, 3.8) is 0 Å². The van der Waals surface area contributed by atoms with Crippen LogP contribution in [0.3, 0.4) is 0 Å². The molecule has 0 atom stereocenters. The molecule has 0 saturated carbocycles. The molecule has 0 aliphatic rings. The summed E-state index contributed by atoms with van der Waals surface area (Å²) in [4.78, 5) is 39.5. The molecule has 166 valence electrons. The van der Waals surface area contributed by atoms with Gasteiger partial charge in [-0.25, -0.2) is 9.78 Å². The summed E-state index contributed by atoms with van der Waals surface area (Å²) in [5, 5.41) is 15.9. The lowest BCUT2D eigenvalue weighted by Crippen LogP contribution is -2.22. The highest BCUT2D eigenvalue weighted by molar-refractivity contribution is 9.10. The molecule has 2 aromatic carbocycles. The van der Waals surface area contributed by atoms with Gasteiger partial charge in [0.05, 0.1) is 34.2 Å². The molecule has 0 N–H and O–H groups in total. The SMILES string of the molecule is CCc1nc2ccc(Br)cc2c(=O)n1N=Cc1cc(Cl)c(OCC(=O)OC)c([N+](=O)[O-])c1. The molecule has 1 heterocycles. The number of carbonyl (C=O) groups excluding carboxylic acids is 1. The third-order valence-electron chi connectivity index (χ3n) is 4.32. The number of nitrogens with zero attached hydrogens (tertiary/aromatic N) is 4. The molecule has 0 aliphatic heterocycles. The zero-order valence-electron chi connectivity index (χ0n) is 16.9. The van der Waals surface area contributed by atoms with Crippen LogP contribution in [0.1, 0.15) is 18.3 Å². The molecule has 3 aromatic rings. The Kier molecular flexibility index (Phi) is 7.21. The van der Waals surface area contributed by atoms with Gasteiger partial charge in [0.2, 0.25) is 5.75 Å². The third kappa shape index (κ3) is 4.94. The number of hydrogen-bond acceptors (Lipinski definition) is 8. The van der Waals surface area contributed by atoms with Crippen LogP contribution in [0.25, 0.3) is 10.9 Å². The Balaban J connectivity index is 2.05. The van der Waals surface area contributed by atoms with Gasteiger partial charge < -0.3 is 9.47 Å². The van der Waals surface area contributed by atoms with Gasteiger partial charge in [0.25, 0.3) is 5.56 Å². The van der Waals surface area contributed by atoms with Gasteiger partial charge in [-0.2, -0.15) is 9.78 Å². The fraction of sp³-hybridized carbons (Fsp3) is 0.200. The average Bonchev–Trinajstić information content (AvgIpc) is 2.77. The normalized spacial score (nSPS) is 11.1. The summed E-state index contributed by atoms with van der Waals surface area (Å²) in [6.07, 6.45) is 1.69. The van der Waals surface area contributed by atoms with Crippen molar-refractivity contribution < 1.29 is 19.2 Å². The van der Waals surface area contributed by atoms with Gasteiger partial charge in [-0.05, 0) is 24.3 Å². The Morgan fingerprint density at radius 3 is 2.78 bits per heavy atom. The van der Waals surface area contributed by atoms with E-state index in [1.54, 1.807) is 18.2 Å². The lowest BCUT2D eigenvalue weighted by atomic mass is 10.2. The predicted molar refractivity (Wildman–Crippen MR) is 122 cm³/mol. The molecular weight excluding hydrogens is 508 g/mol. The van der Waals surface area contributed by atoms with E-state index >= 15 is 0 Å². The van der Waals surface area contributed by atoms with Crippen LogP contribution in [0.2, 0.25) is 5.02 Å². The molecule has 1 aromatic heterocycles. The number of fused-ring (bicyclic) bond motifs is 1. The second-order valence-electron chi connectivity index (χ2n) is 6.38. The number of rotatable bonds is 7. The van der Waals surface area contributed by atoms with Crippen LogP contribution in [-0.2, 0) is 16.0 Å². The van der Waals surface area contributed by atoms with Crippen LogP contribution in [0.5, 0.6) is 5.75 Å². The first kappa shape index (κ1) is 23.4. The Labute approximate surface area is 194 Å². The van der Waals surface area contributed by atoms with Crippen molar-refractivity contribution in [2.24, 2.45) is 5.10 Å². The molecule has 3 rings (SSSR count). The fourth-order valence-corrected chi connectivity index (χ4v) is 3.45. The lowest BCUT2D eigenvalue weighted by molar-refractivity contribution is -0.385. The maximum absolute atomic E-state index is 12.9. The van der Waals surface area contributed by atoms with E-state index in [4.69, 9.17) is 16.3 Å². The standard InChI is InChI=1S/C20H16BrClN4O6/c1-3-17-24-15-5-4-12(21)8-13(15)20(28)25(17)23-9-11-6-14(22)19(16(7-11)26(29)30)32-10-18(27)31-2/h4-9H,3,10H2,1-2H3. The first-order chi connectivity index (χ1) is 15.2. The molecule has 0 unspecified atom stereocenters. The van der Waals surface area contributed by atoms with E-state index in [2.05, 4.69) is 30.8 Å². The minimum Gasteiger partial charge on any atom is -0.474 e. The van der Waals surface area contributed by atoms with E-state index in [-0.39, 0.29) is 21.9 Å². The number of aromatic nitrogens is 2. The van der Waals surface area contributed by atoms with Crippen molar-refractivity contribution in [3.8, 4) is 5.75 Å². The highest BCUT2D eigenvalue weighted by Gasteiger charge is 2.21. The summed E-state index contributed by atoms with van der Waals surface area (Å²) in [5.41, 5.74) is -0.0720. The van der Waals surface area contributed by atoms with E-state index in [1.807, 2.05) is 6.92 Å². The number of esters is 1. The average molecular weight is 524 g/mol. The lowest BCUT2D eigenvalue weighted by Gasteiger charge is -2.09. The fourth-order valence-electron chi connectivity index (χ4n) is 2.81. The number of nitro groups is 1. The minimum absolute atomic E-state index is 0.104. The van der Waals surface area contributed by atoms with E-state index in [1.165, 1.54) is 18.3 Å². The molecule has 0 spiro atoms. The first-order valence-electron chi connectivity index (χ1n) is 9.18. The number of hydrogen-bond donors (Lipinski definition) is 0. The number of aryl methyl sites for hydroxylation is 1. The van der Waals surface area contributed by atoms with E-state index in [9.17, 15) is 19.7 Å². The van der Waals surface area contributed by atoms with Crippen molar-refractivity contribution in [3.05, 3.63) is 71.7 Å². The largest absolute Gasteiger partial charge is 0.474 e. The zero-order chi connectivity index (χ0) is 23.4. The van der Waals surface area contributed by atoms with Crippen molar-refractivity contribution in [2.45, 2.75) is 13.3 Å². The second-order valence-corrected chi connectivity index (χ2v) is 7.70. The Hall–Kier alpha value is -3.31. The molecule has 12 heteroatoms. The number of methoxy groups -OCH3 is 1. The molecule has 0 fully saturated rings. The van der Waals surface area contributed by atoms with Gasteiger partial charge in [-0.1, -0.05) is 34.5 Å². The maximum atomic E-state index is 12.9. The Morgan fingerprint density at radius 2 is 2.12 bits per heavy atom. The number of halogens is 2. The van der Waals surface area contributed by atoms with Gasteiger partial charge in [-0.15, -0.1) is 0 Å². The zero-order valence-corrected chi connectivity index (χ0v) is 19.2. The number of nitro benzene ring substituents is 1. The molecular formula is C20H16BrClN4O6. The molecule has 0 bridgehead atoms. The van der Waals surface area contributed by atoms with Crippen LogP contribution >= 0.6 is 27.5 Å². The van der Waals surface area contributed by atoms with Crippen molar-refractivity contribution in [2.75, 3.05) is 13.7 Å².